The third kappa shape index (κ3) is 6.78. The van der Waals surface area contributed by atoms with E-state index in [4.69, 9.17) is 0 Å². The lowest BCUT2D eigenvalue weighted by atomic mass is 9.89. The van der Waals surface area contributed by atoms with Crippen molar-refractivity contribution in [3.05, 3.63) is 80.5 Å². The number of nitrogens with zero attached hydrogens (tertiary/aromatic N) is 2. The van der Waals surface area contributed by atoms with Gasteiger partial charge in [0.25, 0.3) is 5.56 Å². The summed E-state index contributed by atoms with van der Waals surface area (Å²) in [5.74, 6) is 0.00938. The van der Waals surface area contributed by atoms with Crippen LogP contribution in [0, 0.1) is 20.8 Å². The molecule has 1 aliphatic carbocycles. The highest BCUT2D eigenvalue weighted by molar-refractivity contribution is 5.73. The van der Waals surface area contributed by atoms with Gasteiger partial charge in [0.2, 0.25) is 5.91 Å². The molecule has 1 unspecified atom stereocenters. The molecule has 214 valence electrons. The zero-order valence-electron chi connectivity index (χ0n) is 24.0. The number of carbonyl (C=O) groups is 1. The van der Waals surface area contributed by atoms with Crippen molar-refractivity contribution >= 4 is 11.6 Å². The number of aromatic nitrogens is 2. The van der Waals surface area contributed by atoms with Crippen molar-refractivity contribution in [2.45, 2.75) is 84.8 Å². The number of nitrogens with one attached hydrogen (secondary N) is 3. The summed E-state index contributed by atoms with van der Waals surface area (Å²) in [7, 11) is 2.08. The number of aromatic amines is 1. The molecule has 1 aromatic carbocycles. The maximum atomic E-state index is 12.5. The Hall–Kier alpha value is -3.53. The second-order valence-electron chi connectivity index (χ2n) is 10.9. The van der Waals surface area contributed by atoms with Gasteiger partial charge in [-0.2, -0.15) is 0 Å². The van der Waals surface area contributed by atoms with Gasteiger partial charge in [0.05, 0.1) is 12.3 Å². The Morgan fingerprint density at radius 3 is 2.45 bits per heavy atom. The average molecular weight is 548 g/mol. The summed E-state index contributed by atoms with van der Waals surface area (Å²) >= 11 is 0. The fourth-order valence-corrected chi connectivity index (χ4v) is 5.73. The second kappa shape index (κ2) is 12.8. The quantitative estimate of drug-likeness (QED) is 0.259. The molecule has 2 aromatic heterocycles. The van der Waals surface area contributed by atoms with Gasteiger partial charge in [0.15, 0.2) is 0 Å². The molecule has 1 amide bonds. The number of anilines is 1. The standard InChI is InChI=1S/C31H41N5O4/c1-18-12-19(2)34-31(40)28(18)16-33-30(39)27-13-23(22-6-7-25(17-37)32-15-22)14-29(20(27)3)36(5)26-10-8-24(9-11-26)35-21(4)38/h6-7,12-15,24,26,30,33,37,39H,8-11,16-17H2,1-5H3,(H,34,40)(H,35,38). The molecule has 0 spiro atoms. The van der Waals surface area contributed by atoms with Crippen LogP contribution in [0.5, 0.6) is 0 Å². The van der Waals surface area contributed by atoms with Gasteiger partial charge in [0.1, 0.15) is 6.23 Å². The first-order valence-corrected chi connectivity index (χ1v) is 13.9. The molecule has 1 aliphatic rings. The Bertz CT molecular complexity index is 1390. The molecule has 0 radical (unpaired) electrons. The predicted octanol–water partition coefficient (Wildman–Crippen LogP) is 3.52. The van der Waals surface area contributed by atoms with Gasteiger partial charge in [-0.15, -0.1) is 0 Å². The fraction of sp³-hybridized carbons (Fsp3) is 0.452. The van der Waals surface area contributed by atoms with Crippen molar-refractivity contribution in [1.29, 1.82) is 0 Å². The molecule has 0 saturated heterocycles. The molecule has 4 rings (SSSR count). The molecule has 9 heteroatoms. The lowest BCUT2D eigenvalue weighted by Crippen LogP contribution is -2.42. The van der Waals surface area contributed by atoms with E-state index in [1.165, 1.54) is 0 Å². The van der Waals surface area contributed by atoms with Crippen LogP contribution in [0.2, 0.25) is 0 Å². The zero-order valence-corrected chi connectivity index (χ0v) is 24.0. The molecule has 40 heavy (non-hydrogen) atoms. The molecule has 0 aliphatic heterocycles. The van der Waals surface area contributed by atoms with Crippen molar-refractivity contribution in [2.24, 2.45) is 0 Å². The van der Waals surface area contributed by atoms with Gasteiger partial charge in [-0.05, 0) is 87.4 Å². The number of amides is 1. The summed E-state index contributed by atoms with van der Waals surface area (Å²) < 4.78 is 0. The Morgan fingerprint density at radius 1 is 1.12 bits per heavy atom. The highest BCUT2D eigenvalue weighted by Gasteiger charge is 2.27. The molecular formula is C31H41N5O4. The van der Waals surface area contributed by atoms with E-state index in [2.05, 4.69) is 38.6 Å². The van der Waals surface area contributed by atoms with Crippen LogP contribution in [0.3, 0.4) is 0 Å². The average Bonchev–Trinajstić information content (AvgIpc) is 2.92. The van der Waals surface area contributed by atoms with Crippen molar-refractivity contribution in [2.75, 3.05) is 11.9 Å². The minimum atomic E-state index is -1.01. The summed E-state index contributed by atoms with van der Waals surface area (Å²) in [5.41, 5.74) is 7.15. The second-order valence-corrected chi connectivity index (χ2v) is 10.9. The number of aliphatic hydroxyl groups excluding tert-OH is 2. The summed E-state index contributed by atoms with van der Waals surface area (Å²) in [6, 6.07) is 10.2. The summed E-state index contributed by atoms with van der Waals surface area (Å²) in [6.45, 7) is 7.41. The smallest absolute Gasteiger partial charge is 0.252 e. The highest BCUT2D eigenvalue weighted by atomic mass is 16.3. The first-order valence-electron chi connectivity index (χ1n) is 13.9. The molecule has 9 nitrogen and oxygen atoms in total. The van der Waals surface area contributed by atoms with Gasteiger partial charge < -0.3 is 25.4 Å². The normalized spacial score (nSPS) is 17.9. The molecule has 5 N–H and O–H groups in total. The van der Waals surface area contributed by atoms with E-state index in [0.717, 1.165) is 64.9 Å². The number of hydrogen-bond acceptors (Lipinski definition) is 7. The first-order chi connectivity index (χ1) is 19.1. The summed E-state index contributed by atoms with van der Waals surface area (Å²) in [5, 5.41) is 27.0. The van der Waals surface area contributed by atoms with Crippen LogP contribution < -0.4 is 21.1 Å². The fourth-order valence-electron chi connectivity index (χ4n) is 5.73. The maximum Gasteiger partial charge on any atom is 0.252 e. The Morgan fingerprint density at radius 2 is 1.85 bits per heavy atom. The number of benzene rings is 1. The number of pyridine rings is 2. The largest absolute Gasteiger partial charge is 0.390 e. The number of aliphatic hydroxyl groups is 2. The van der Waals surface area contributed by atoms with Gasteiger partial charge in [0, 0.05) is 66.9 Å². The Kier molecular flexibility index (Phi) is 9.40. The third-order valence-electron chi connectivity index (χ3n) is 8.03. The number of aryl methyl sites for hydroxylation is 2. The van der Waals surface area contributed by atoms with Gasteiger partial charge in [-0.25, -0.2) is 0 Å². The minimum absolute atomic E-state index is 0.00938. The molecular weight excluding hydrogens is 506 g/mol. The van der Waals surface area contributed by atoms with Crippen LogP contribution in [0.4, 0.5) is 5.69 Å². The van der Waals surface area contributed by atoms with Gasteiger partial charge in [-0.1, -0.05) is 6.07 Å². The van der Waals surface area contributed by atoms with E-state index in [-0.39, 0.29) is 30.7 Å². The van der Waals surface area contributed by atoms with E-state index < -0.39 is 6.23 Å². The maximum absolute atomic E-state index is 12.5. The van der Waals surface area contributed by atoms with E-state index in [9.17, 15) is 19.8 Å². The monoisotopic (exact) mass is 547 g/mol. The summed E-state index contributed by atoms with van der Waals surface area (Å²) in [4.78, 5) is 33.5. The van der Waals surface area contributed by atoms with Crippen molar-refractivity contribution < 1.29 is 15.0 Å². The predicted molar refractivity (Wildman–Crippen MR) is 157 cm³/mol. The number of H-pyrrole nitrogens is 1. The van der Waals surface area contributed by atoms with Gasteiger partial charge in [-0.3, -0.25) is 19.9 Å². The molecule has 0 bridgehead atoms. The van der Waals surface area contributed by atoms with Crippen LogP contribution in [0.1, 0.15) is 72.5 Å². The SMILES string of the molecule is CC(=O)NC1CCC(N(C)c2cc(-c3ccc(CO)nc3)cc(C(O)NCc3c(C)cc(C)[nH]c3=O)c2C)CC1. The highest BCUT2D eigenvalue weighted by Crippen LogP contribution is 2.36. The number of rotatable bonds is 9. The minimum Gasteiger partial charge on any atom is -0.390 e. The van der Waals surface area contributed by atoms with Crippen molar-refractivity contribution in [3.63, 3.8) is 0 Å². The Labute approximate surface area is 235 Å². The van der Waals surface area contributed by atoms with Crippen LogP contribution >= 0.6 is 0 Å². The molecule has 1 fully saturated rings. The van der Waals surface area contributed by atoms with Crippen molar-refractivity contribution in [1.82, 2.24) is 20.6 Å². The molecule has 3 aromatic rings. The lowest BCUT2D eigenvalue weighted by Gasteiger charge is -2.37. The van der Waals surface area contributed by atoms with E-state index >= 15 is 0 Å². The van der Waals surface area contributed by atoms with Crippen LogP contribution in [0.25, 0.3) is 11.1 Å². The molecule has 2 heterocycles. The van der Waals surface area contributed by atoms with Gasteiger partial charge >= 0.3 is 0 Å². The number of hydrogen-bond donors (Lipinski definition) is 5. The summed E-state index contributed by atoms with van der Waals surface area (Å²) in [6.07, 6.45) is 4.46. The molecule has 1 saturated carbocycles. The van der Waals surface area contributed by atoms with Crippen LogP contribution in [-0.4, -0.2) is 45.2 Å². The molecule has 1 atom stereocenters. The van der Waals surface area contributed by atoms with E-state index in [0.29, 0.717) is 17.3 Å². The van der Waals surface area contributed by atoms with E-state index in [1.807, 2.05) is 39.0 Å². The topological polar surface area (TPSA) is 131 Å². The zero-order chi connectivity index (χ0) is 29.0. The third-order valence-corrected chi connectivity index (χ3v) is 8.03. The van der Waals surface area contributed by atoms with Crippen molar-refractivity contribution in [3.8, 4) is 11.1 Å². The van der Waals surface area contributed by atoms with E-state index in [1.54, 1.807) is 19.2 Å². The number of carbonyl (C=O) groups excluding carboxylic acids is 1. The Balaban J connectivity index is 1.65. The lowest BCUT2D eigenvalue weighted by molar-refractivity contribution is -0.119. The first kappa shape index (κ1) is 29.5. The van der Waals surface area contributed by atoms with Crippen LogP contribution in [0.15, 0.2) is 41.3 Å². The van der Waals surface area contributed by atoms with Crippen LogP contribution in [-0.2, 0) is 17.9 Å².